The Morgan fingerprint density at radius 3 is 2.86 bits per heavy atom. The number of rotatable bonds is 8. The van der Waals surface area contributed by atoms with E-state index in [0.29, 0.717) is 36.3 Å². The second kappa shape index (κ2) is 9.41. The molecule has 29 heavy (non-hydrogen) atoms. The molecule has 152 valence electrons. The Labute approximate surface area is 171 Å². The third kappa shape index (κ3) is 5.47. The van der Waals surface area contributed by atoms with E-state index in [1.807, 2.05) is 18.2 Å². The molecule has 2 N–H and O–H groups in total. The van der Waals surface area contributed by atoms with E-state index in [1.165, 1.54) is 0 Å². The van der Waals surface area contributed by atoms with Gasteiger partial charge in [-0.2, -0.15) is 15.2 Å². The monoisotopic (exact) mass is 393 g/mol. The summed E-state index contributed by atoms with van der Waals surface area (Å²) in [4.78, 5) is 23.8. The van der Waals surface area contributed by atoms with E-state index >= 15 is 0 Å². The first-order chi connectivity index (χ1) is 14.0. The van der Waals surface area contributed by atoms with Gasteiger partial charge in [0.05, 0.1) is 12.7 Å². The average molecular weight is 393 g/mol. The fraction of sp³-hybridized carbons (Fsp3) is 0.524. The van der Waals surface area contributed by atoms with Crippen molar-refractivity contribution < 1.29 is 0 Å². The van der Waals surface area contributed by atoms with E-state index in [2.05, 4.69) is 50.7 Å². The molecule has 2 atom stereocenters. The van der Waals surface area contributed by atoms with Gasteiger partial charge in [0.1, 0.15) is 17.5 Å². The van der Waals surface area contributed by atoms with Crippen LogP contribution >= 0.6 is 0 Å². The topological polar surface area (TPSA) is 116 Å². The Morgan fingerprint density at radius 1 is 1.31 bits per heavy atom. The summed E-state index contributed by atoms with van der Waals surface area (Å²) < 4.78 is 0. The zero-order valence-corrected chi connectivity index (χ0v) is 16.9. The Kier molecular flexibility index (Phi) is 6.70. The molecule has 8 heteroatoms. The van der Waals surface area contributed by atoms with Gasteiger partial charge >= 0.3 is 0 Å². The molecule has 0 radical (unpaired) electrons. The van der Waals surface area contributed by atoms with Gasteiger partial charge in [0.25, 0.3) is 0 Å². The Hall–Kier alpha value is -3.08. The van der Waals surface area contributed by atoms with E-state index in [-0.39, 0.29) is 11.5 Å². The summed E-state index contributed by atoms with van der Waals surface area (Å²) in [5.41, 5.74) is 1.43. The van der Waals surface area contributed by atoms with E-state index in [0.717, 1.165) is 31.4 Å². The zero-order chi connectivity index (χ0) is 20.7. The molecule has 2 aromatic heterocycles. The number of nitrogens with one attached hydrogen (secondary N) is 2. The highest BCUT2D eigenvalue weighted by atomic mass is 16.3. The summed E-state index contributed by atoms with van der Waals surface area (Å²) in [6.45, 7) is 5.36. The molecule has 0 saturated heterocycles. The van der Waals surface area contributed by atoms with Crippen molar-refractivity contribution in [1.82, 2.24) is 15.0 Å². The molecule has 1 aliphatic carbocycles. The van der Waals surface area contributed by atoms with Gasteiger partial charge in [-0.25, -0.2) is 4.98 Å². The third-order valence-corrected chi connectivity index (χ3v) is 5.68. The third-order valence-electron chi connectivity index (χ3n) is 5.68. The number of hydrogen-bond acceptors (Lipinski definition) is 8. The zero-order valence-electron chi connectivity index (χ0n) is 16.9. The highest BCUT2D eigenvalue weighted by molar-refractivity contribution is 5.54. The summed E-state index contributed by atoms with van der Waals surface area (Å²) in [5.74, 6) is 1.33. The SMILES string of the molecule is CC1(C)C[C@H](Nc2nc(NCCc3ccccn3)ncc2C#N)CC[C@@H]1CN=O. The molecule has 2 heterocycles. The summed E-state index contributed by atoms with van der Waals surface area (Å²) in [6.07, 6.45) is 6.82. The lowest BCUT2D eigenvalue weighted by atomic mass is 9.67. The Balaban J connectivity index is 1.63. The predicted octanol–water partition coefficient (Wildman–Crippen LogP) is 3.77. The van der Waals surface area contributed by atoms with Crippen molar-refractivity contribution in [3.8, 4) is 6.07 Å². The number of pyridine rings is 1. The number of hydrogen-bond donors (Lipinski definition) is 2. The van der Waals surface area contributed by atoms with Crippen molar-refractivity contribution in [2.45, 2.75) is 45.6 Å². The lowest BCUT2D eigenvalue weighted by molar-refractivity contribution is 0.135. The van der Waals surface area contributed by atoms with Crippen molar-refractivity contribution >= 4 is 11.8 Å². The summed E-state index contributed by atoms with van der Waals surface area (Å²) in [7, 11) is 0. The van der Waals surface area contributed by atoms with Crippen LogP contribution < -0.4 is 10.6 Å². The van der Waals surface area contributed by atoms with Gasteiger partial charge < -0.3 is 10.6 Å². The summed E-state index contributed by atoms with van der Waals surface area (Å²) in [6, 6.07) is 8.19. The van der Waals surface area contributed by atoms with Crippen molar-refractivity contribution in [3.63, 3.8) is 0 Å². The van der Waals surface area contributed by atoms with Crippen LogP contribution in [0.25, 0.3) is 0 Å². The van der Waals surface area contributed by atoms with E-state index in [1.54, 1.807) is 12.4 Å². The van der Waals surface area contributed by atoms with Crippen LogP contribution in [0.3, 0.4) is 0 Å². The molecule has 0 amide bonds. The molecule has 0 aromatic carbocycles. The van der Waals surface area contributed by atoms with Crippen LogP contribution in [-0.4, -0.2) is 34.1 Å². The standard InChI is InChI=1S/C21H27N7O/c1-21(2)11-18(7-6-16(21)14-26-29)27-19-15(12-22)13-25-20(28-19)24-10-8-17-5-3-4-9-23-17/h3-5,9,13,16,18H,6-8,10-11,14H2,1-2H3,(H2,24,25,27,28)/t16-,18-/m1/s1. The molecule has 0 unspecified atom stereocenters. The Bertz CT molecular complexity index is 863. The molecular weight excluding hydrogens is 366 g/mol. The Morgan fingerprint density at radius 2 is 2.17 bits per heavy atom. The molecule has 3 rings (SSSR count). The normalized spacial score (nSPS) is 20.4. The molecule has 0 spiro atoms. The van der Waals surface area contributed by atoms with Gasteiger partial charge in [0.15, 0.2) is 0 Å². The maximum Gasteiger partial charge on any atom is 0.224 e. The molecule has 0 aliphatic heterocycles. The summed E-state index contributed by atoms with van der Waals surface area (Å²) >= 11 is 0. The van der Waals surface area contributed by atoms with Crippen LogP contribution in [0.2, 0.25) is 0 Å². The van der Waals surface area contributed by atoms with E-state index in [9.17, 15) is 10.2 Å². The van der Waals surface area contributed by atoms with E-state index < -0.39 is 0 Å². The molecular formula is C21H27N7O. The van der Waals surface area contributed by atoms with Crippen LogP contribution in [0.5, 0.6) is 0 Å². The number of anilines is 2. The molecule has 0 bridgehead atoms. The van der Waals surface area contributed by atoms with Crippen molar-refractivity contribution in [1.29, 1.82) is 5.26 Å². The molecule has 1 aliphatic rings. The van der Waals surface area contributed by atoms with Crippen LogP contribution in [0.1, 0.15) is 44.4 Å². The second-order valence-corrected chi connectivity index (χ2v) is 8.19. The van der Waals surface area contributed by atoms with Gasteiger partial charge in [0.2, 0.25) is 5.95 Å². The van der Waals surface area contributed by atoms with Gasteiger partial charge in [-0.05, 0) is 42.7 Å². The lowest BCUT2D eigenvalue weighted by Gasteiger charge is -2.41. The van der Waals surface area contributed by atoms with E-state index in [4.69, 9.17) is 0 Å². The van der Waals surface area contributed by atoms with Crippen LogP contribution in [0.4, 0.5) is 11.8 Å². The molecule has 2 aromatic rings. The largest absolute Gasteiger partial charge is 0.366 e. The smallest absolute Gasteiger partial charge is 0.224 e. The fourth-order valence-electron chi connectivity index (χ4n) is 3.95. The number of nitriles is 1. The number of nitroso groups, excluding NO2 is 1. The lowest BCUT2D eigenvalue weighted by Crippen LogP contribution is -2.39. The number of aromatic nitrogens is 3. The van der Waals surface area contributed by atoms with Crippen LogP contribution in [0.15, 0.2) is 35.8 Å². The van der Waals surface area contributed by atoms with Gasteiger partial charge in [-0.1, -0.05) is 25.1 Å². The first kappa shape index (κ1) is 20.6. The first-order valence-corrected chi connectivity index (χ1v) is 9.98. The highest BCUT2D eigenvalue weighted by Crippen LogP contribution is 2.41. The molecule has 1 saturated carbocycles. The quantitative estimate of drug-likeness (QED) is 0.656. The first-order valence-electron chi connectivity index (χ1n) is 9.98. The van der Waals surface area contributed by atoms with Gasteiger partial charge in [-0.3, -0.25) is 4.98 Å². The minimum Gasteiger partial charge on any atom is -0.366 e. The van der Waals surface area contributed by atoms with Crippen LogP contribution in [-0.2, 0) is 6.42 Å². The van der Waals surface area contributed by atoms with Crippen molar-refractivity contribution in [3.05, 3.63) is 46.8 Å². The second-order valence-electron chi connectivity index (χ2n) is 8.19. The predicted molar refractivity (Wildman–Crippen MR) is 112 cm³/mol. The minimum absolute atomic E-state index is 0.00737. The van der Waals surface area contributed by atoms with Gasteiger partial charge in [0, 0.05) is 30.9 Å². The maximum atomic E-state index is 10.7. The van der Waals surface area contributed by atoms with Crippen LogP contribution in [0, 0.1) is 27.6 Å². The molecule has 1 fully saturated rings. The number of nitrogens with zero attached hydrogens (tertiary/aromatic N) is 5. The maximum absolute atomic E-state index is 10.7. The minimum atomic E-state index is 0.00737. The van der Waals surface area contributed by atoms with Crippen molar-refractivity contribution in [2.24, 2.45) is 16.5 Å². The van der Waals surface area contributed by atoms with Crippen molar-refractivity contribution in [2.75, 3.05) is 23.7 Å². The molecule has 8 nitrogen and oxygen atoms in total. The highest BCUT2D eigenvalue weighted by Gasteiger charge is 2.37. The average Bonchev–Trinajstić information content (AvgIpc) is 2.71. The summed E-state index contributed by atoms with van der Waals surface area (Å²) in [5, 5.41) is 19.2. The fourth-order valence-corrected chi connectivity index (χ4v) is 3.95. The van der Waals surface area contributed by atoms with Gasteiger partial charge in [-0.15, -0.1) is 0 Å².